The first-order valence-corrected chi connectivity index (χ1v) is 5.88. The summed E-state index contributed by atoms with van der Waals surface area (Å²) in [4.78, 5) is 4.50. The van der Waals surface area contributed by atoms with Gasteiger partial charge < -0.3 is 9.84 Å². The summed E-state index contributed by atoms with van der Waals surface area (Å²) in [5.74, 6) is 1.12. The Morgan fingerprint density at radius 3 is 2.84 bits per heavy atom. The molecule has 5 nitrogen and oxygen atoms in total. The lowest BCUT2D eigenvalue weighted by Gasteiger charge is -2.03. The van der Waals surface area contributed by atoms with Crippen molar-refractivity contribution >= 4 is 5.65 Å². The SMILES string of the molecule is COc1cc(-c2nc3c(C)cccn3n2)ccc1O. The van der Waals surface area contributed by atoms with Gasteiger partial charge in [0.15, 0.2) is 23.0 Å². The van der Waals surface area contributed by atoms with Crippen LogP contribution in [0.15, 0.2) is 36.5 Å². The number of hydrogen-bond donors (Lipinski definition) is 1. The van der Waals surface area contributed by atoms with Gasteiger partial charge in [-0.1, -0.05) is 6.07 Å². The first kappa shape index (κ1) is 11.5. The number of aromatic nitrogens is 3. The Kier molecular flexibility index (Phi) is 2.59. The Balaban J connectivity index is 2.16. The van der Waals surface area contributed by atoms with E-state index in [1.54, 1.807) is 22.7 Å². The molecule has 2 aromatic heterocycles. The fourth-order valence-corrected chi connectivity index (χ4v) is 1.98. The van der Waals surface area contributed by atoms with Crippen molar-refractivity contribution in [1.29, 1.82) is 0 Å². The molecule has 3 rings (SSSR count). The first-order valence-electron chi connectivity index (χ1n) is 5.88. The number of aromatic hydroxyl groups is 1. The van der Waals surface area contributed by atoms with Gasteiger partial charge in [0.05, 0.1) is 7.11 Å². The Hall–Kier alpha value is -2.56. The normalized spacial score (nSPS) is 10.8. The van der Waals surface area contributed by atoms with Crippen LogP contribution in [-0.4, -0.2) is 26.8 Å². The molecule has 0 saturated heterocycles. The van der Waals surface area contributed by atoms with Gasteiger partial charge >= 0.3 is 0 Å². The number of ether oxygens (including phenoxy) is 1. The smallest absolute Gasteiger partial charge is 0.182 e. The highest BCUT2D eigenvalue weighted by Gasteiger charge is 2.10. The molecule has 0 atom stereocenters. The van der Waals surface area contributed by atoms with Crippen LogP contribution >= 0.6 is 0 Å². The molecule has 1 N–H and O–H groups in total. The van der Waals surface area contributed by atoms with Crippen molar-refractivity contribution in [2.75, 3.05) is 7.11 Å². The molecule has 0 fully saturated rings. The second-order valence-corrected chi connectivity index (χ2v) is 4.28. The van der Waals surface area contributed by atoms with Crippen LogP contribution in [0.5, 0.6) is 11.5 Å². The molecule has 19 heavy (non-hydrogen) atoms. The van der Waals surface area contributed by atoms with Crippen molar-refractivity contribution in [2.24, 2.45) is 0 Å². The monoisotopic (exact) mass is 255 g/mol. The second-order valence-electron chi connectivity index (χ2n) is 4.28. The number of methoxy groups -OCH3 is 1. The molecule has 96 valence electrons. The van der Waals surface area contributed by atoms with Gasteiger partial charge in [-0.2, -0.15) is 0 Å². The molecule has 0 unspecified atom stereocenters. The lowest BCUT2D eigenvalue weighted by Crippen LogP contribution is -1.88. The number of phenolic OH excluding ortho intramolecular Hbond substituents is 1. The molecule has 3 aromatic rings. The fraction of sp³-hybridized carbons (Fsp3) is 0.143. The summed E-state index contributed by atoms with van der Waals surface area (Å²) in [6.45, 7) is 1.99. The Morgan fingerprint density at radius 2 is 2.11 bits per heavy atom. The zero-order valence-corrected chi connectivity index (χ0v) is 10.7. The highest BCUT2D eigenvalue weighted by molar-refractivity contribution is 5.63. The van der Waals surface area contributed by atoms with E-state index >= 15 is 0 Å². The van der Waals surface area contributed by atoms with Gasteiger partial charge in [-0.25, -0.2) is 9.50 Å². The van der Waals surface area contributed by atoms with E-state index in [9.17, 15) is 5.11 Å². The van der Waals surface area contributed by atoms with E-state index in [0.29, 0.717) is 11.6 Å². The Bertz CT molecular complexity index is 750. The van der Waals surface area contributed by atoms with Crippen molar-refractivity contribution in [2.45, 2.75) is 6.92 Å². The van der Waals surface area contributed by atoms with Gasteiger partial charge in [-0.05, 0) is 36.8 Å². The van der Waals surface area contributed by atoms with Crippen molar-refractivity contribution in [1.82, 2.24) is 14.6 Å². The van der Waals surface area contributed by atoms with Crippen molar-refractivity contribution in [3.8, 4) is 22.9 Å². The number of phenols is 1. The number of fused-ring (bicyclic) bond motifs is 1. The zero-order valence-electron chi connectivity index (χ0n) is 10.7. The third-order valence-corrected chi connectivity index (χ3v) is 3.00. The summed E-state index contributed by atoms with van der Waals surface area (Å²) in [6.07, 6.45) is 1.86. The molecule has 2 heterocycles. The summed E-state index contributed by atoms with van der Waals surface area (Å²) in [5.41, 5.74) is 2.69. The standard InChI is InChI=1S/C14H13N3O2/c1-9-4-3-7-17-14(9)15-13(16-17)10-5-6-11(18)12(8-10)19-2/h3-8,18H,1-2H3. The predicted molar refractivity (Wildman–Crippen MR) is 71.4 cm³/mol. The van der Waals surface area contributed by atoms with Crippen LogP contribution in [0.25, 0.3) is 17.0 Å². The average molecular weight is 255 g/mol. The number of aryl methyl sites for hydroxylation is 1. The van der Waals surface area contributed by atoms with Crippen LogP contribution in [0, 0.1) is 6.92 Å². The third kappa shape index (κ3) is 1.89. The number of pyridine rings is 1. The number of benzene rings is 1. The highest BCUT2D eigenvalue weighted by atomic mass is 16.5. The molecule has 0 aliphatic carbocycles. The van der Waals surface area contributed by atoms with Crippen LogP contribution in [0.2, 0.25) is 0 Å². The minimum Gasteiger partial charge on any atom is -0.504 e. The molecule has 0 aliphatic rings. The summed E-state index contributed by atoms with van der Waals surface area (Å²) in [6, 6.07) is 8.98. The highest BCUT2D eigenvalue weighted by Crippen LogP contribution is 2.30. The summed E-state index contributed by atoms with van der Waals surface area (Å²) < 4.78 is 6.83. The molecule has 1 aromatic carbocycles. The topological polar surface area (TPSA) is 59.7 Å². The zero-order chi connectivity index (χ0) is 13.4. The van der Waals surface area contributed by atoms with Crippen LogP contribution in [0.1, 0.15) is 5.56 Å². The van der Waals surface area contributed by atoms with E-state index in [0.717, 1.165) is 16.8 Å². The van der Waals surface area contributed by atoms with Gasteiger partial charge in [0.25, 0.3) is 0 Å². The molecule has 0 saturated carbocycles. The average Bonchev–Trinajstić information content (AvgIpc) is 2.85. The third-order valence-electron chi connectivity index (χ3n) is 3.00. The molecule has 5 heteroatoms. The number of nitrogens with zero attached hydrogens (tertiary/aromatic N) is 3. The van der Waals surface area contributed by atoms with E-state index in [2.05, 4.69) is 10.1 Å². The maximum absolute atomic E-state index is 9.59. The summed E-state index contributed by atoms with van der Waals surface area (Å²) >= 11 is 0. The first-order chi connectivity index (χ1) is 9.19. The van der Waals surface area contributed by atoms with Crippen LogP contribution in [0.4, 0.5) is 0 Å². The maximum atomic E-state index is 9.59. The molecule has 0 radical (unpaired) electrons. The van der Waals surface area contributed by atoms with Gasteiger partial charge in [-0.15, -0.1) is 5.10 Å². The lowest BCUT2D eigenvalue weighted by molar-refractivity contribution is 0.373. The van der Waals surface area contributed by atoms with E-state index in [4.69, 9.17) is 4.74 Å². The Labute approximate surface area is 110 Å². The molecule has 0 bridgehead atoms. The van der Waals surface area contributed by atoms with Gasteiger partial charge in [-0.3, -0.25) is 0 Å². The van der Waals surface area contributed by atoms with Gasteiger partial charge in [0, 0.05) is 11.8 Å². The second kappa shape index (κ2) is 4.28. The maximum Gasteiger partial charge on any atom is 0.182 e. The molecular formula is C14H13N3O2. The van der Waals surface area contributed by atoms with E-state index in [1.807, 2.05) is 25.3 Å². The molecule has 0 aliphatic heterocycles. The van der Waals surface area contributed by atoms with Crippen LogP contribution in [-0.2, 0) is 0 Å². The quantitative estimate of drug-likeness (QED) is 0.764. The fourth-order valence-electron chi connectivity index (χ4n) is 1.98. The minimum atomic E-state index is 0.103. The minimum absolute atomic E-state index is 0.103. The van der Waals surface area contributed by atoms with Crippen molar-refractivity contribution in [3.05, 3.63) is 42.1 Å². The van der Waals surface area contributed by atoms with E-state index in [1.165, 1.54) is 7.11 Å². The van der Waals surface area contributed by atoms with Gasteiger partial charge in [0.1, 0.15) is 0 Å². The van der Waals surface area contributed by atoms with Crippen molar-refractivity contribution in [3.63, 3.8) is 0 Å². The van der Waals surface area contributed by atoms with Crippen LogP contribution in [0.3, 0.4) is 0 Å². The summed E-state index contributed by atoms with van der Waals surface area (Å²) in [7, 11) is 1.51. The predicted octanol–water partition coefficient (Wildman–Crippen LogP) is 2.42. The summed E-state index contributed by atoms with van der Waals surface area (Å²) in [5, 5.41) is 14.0. The van der Waals surface area contributed by atoms with E-state index in [-0.39, 0.29) is 5.75 Å². The molecular weight excluding hydrogens is 242 g/mol. The van der Waals surface area contributed by atoms with Crippen molar-refractivity contribution < 1.29 is 9.84 Å². The Morgan fingerprint density at radius 1 is 1.26 bits per heavy atom. The molecule has 0 spiro atoms. The lowest BCUT2D eigenvalue weighted by atomic mass is 10.2. The van der Waals surface area contributed by atoms with Crippen LogP contribution < -0.4 is 4.74 Å². The molecule has 0 amide bonds. The number of rotatable bonds is 2. The van der Waals surface area contributed by atoms with E-state index < -0.39 is 0 Å². The number of hydrogen-bond acceptors (Lipinski definition) is 4. The largest absolute Gasteiger partial charge is 0.504 e. The van der Waals surface area contributed by atoms with Gasteiger partial charge in [0.2, 0.25) is 0 Å².